The van der Waals surface area contributed by atoms with Gasteiger partial charge in [0.25, 0.3) is 11.7 Å². The fourth-order valence-corrected chi connectivity index (χ4v) is 2.54. The normalized spacial score (nSPS) is 19.7. The molecule has 0 spiro atoms. The number of halogens is 1. The largest absolute Gasteiger partial charge is 0.507 e. The van der Waals surface area contributed by atoms with E-state index in [-0.39, 0.29) is 11.3 Å². The van der Waals surface area contributed by atoms with Crippen LogP contribution in [0.4, 0.5) is 4.39 Å². The number of Topliss-reactive ketones (excluding diaryl/α,β-unsaturated/α-hetero) is 1. The highest BCUT2D eigenvalue weighted by Gasteiger charge is 2.39. The molecule has 5 heteroatoms. The van der Waals surface area contributed by atoms with Gasteiger partial charge in [-0.3, -0.25) is 9.59 Å². The number of amides is 1. The van der Waals surface area contributed by atoms with Crippen molar-refractivity contribution in [3.63, 3.8) is 0 Å². The minimum atomic E-state index is -0.795. The van der Waals surface area contributed by atoms with Crippen LogP contribution in [0.2, 0.25) is 0 Å². The first kappa shape index (κ1) is 15.0. The summed E-state index contributed by atoms with van der Waals surface area (Å²) in [7, 11) is 0. The summed E-state index contributed by atoms with van der Waals surface area (Å²) in [6, 6.07) is 11.6. The highest BCUT2D eigenvalue weighted by molar-refractivity contribution is 6.46. The predicted octanol–water partition coefficient (Wildman–Crippen LogP) is 2.84. The Morgan fingerprint density at radius 1 is 1.04 bits per heavy atom. The molecule has 0 aromatic heterocycles. The number of carbonyl (C=O) groups is 2. The summed E-state index contributed by atoms with van der Waals surface area (Å²) in [5, 5.41) is 13.0. The van der Waals surface area contributed by atoms with Gasteiger partial charge in [-0.2, -0.15) is 0 Å². The zero-order valence-electron chi connectivity index (χ0n) is 12.3. The topological polar surface area (TPSA) is 66.4 Å². The minimum Gasteiger partial charge on any atom is -0.507 e. The molecule has 1 aliphatic rings. The zero-order chi connectivity index (χ0) is 16.6. The van der Waals surface area contributed by atoms with E-state index in [1.54, 1.807) is 24.3 Å². The Morgan fingerprint density at radius 2 is 1.65 bits per heavy atom. The van der Waals surface area contributed by atoms with Crippen molar-refractivity contribution in [3.8, 4) is 0 Å². The van der Waals surface area contributed by atoms with E-state index in [0.29, 0.717) is 11.1 Å². The molecule has 116 valence electrons. The van der Waals surface area contributed by atoms with E-state index >= 15 is 0 Å². The molecule has 0 radical (unpaired) electrons. The number of carbonyl (C=O) groups excluding carboxylic acids is 2. The molecule has 2 N–H and O–H groups in total. The summed E-state index contributed by atoms with van der Waals surface area (Å²) in [6.07, 6.45) is 0. The van der Waals surface area contributed by atoms with Crippen LogP contribution in [0.15, 0.2) is 54.1 Å². The Kier molecular flexibility index (Phi) is 3.70. The van der Waals surface area contributed by atoms with Gasteiger partial charge in [-0.05, 0) is 24.6 Å². The van der Waals surface area contributed by atoms with Crippen LogP contribution < -0.4 is 5.32 Å². The molecule has 23 heavy (non-hydrogen) atoms. The number of hydrogen-bond acceptors (Lipinski definition) is 3. The van der Waals surface area contributed by atoms with Crippen molar-refractivity contribution in [2.24, 2.45) is 0 Å². The number of aryl methyl sites for hydroxylation is 1. The van der Waals surface area contributed by atoms with Gasteiger partial charge in [0.1, 0.15) is 11.6 Å². The van der Waals surface area contributed by atoms with Crippen molar-refractivity contribution < 1.29 is 19.1 Å². The average Bonchev–Trinajstić information content (AvgIpc) is 2.84. The predicted molar refractivity (Wildman–Crippen MR) is 83.0 cm³/mol. The third-order valence-electron chi connectivity index (χ3n) is 3.80. The highest BCUT2D eigenvalue weighted by atomic mass is 19.1. The fourth-order valence-electron chi connectivity index (χ4n) is 2.54. The number of aliphatic hydroxyl groups excluding tert-OH is 1. The Labute approximate surface area is 132 Å². The van der Waals surface area contributed by atoms with E-state index < -0.39 is 23.5 Å². The summed E-state index contributed by atoms with van der Waals surface area (Å²) in [4.78, 5) is 23.9. The third-order valence-corrected chi connectivity index (χ3v) is 3.80. The fraction of sp³-hybridized carbons (Fsp3) is 0.111. The van der Waals surface area contributed by atoms with Crippen LogP contribution in [0, 0.1) is 12.7 Å². The van der Waals surface area contributed by atoms with Gasteiger partial charge in [-0.15, -0.1) is 0 Å². The van der Waals surface area contributed by atoms with Crippen molar-refractivity contribution in [3.05, 3.63) is 76.6 Å². The zero-order valence-corrected chi connectivity index (χ0v) is 12.3. The SMILES string of the molecule is Cc1ccc(C(O)=C2C(=O)C(=O)NC2c2ccc(F)cc2)cc1. The average molecular weight is 311 g/mol. The maximum absolute atomic E-state index is 13.1. The Morgan fingerprint density at radius 3 is 2.26 bits per heavy atom. The number of aliphatic hydroxyl groups is 1. The summed E-state index contributed by atoms with van der Waals surface area (Å²) in [6.45, 7) is 1.90. The standard InChI is InChI=1S/C18H14FNO3/c1-10-2-4-12(5-3-10)16(21)14-15(20-18(23)17(14)22)11-6-8-13(19)9-7-11/h2-9,15,21H,1H3,(H,20,23). The molecule has 1 heterocycles. The number of ketones is 1. The number of benzene rings is 2. The quantitative estimate of drug-likeness (QED) is 0.509. The summed E-state index contributed by atoms with van der Waals surface area (Å²) in [5.74, 6) is -2.23. The maximum atomic E-state index is 13.1. The lowest BCUT2D eigenvalue weighted by Crippen LogP contribution is -2.21. The van der Waals surface area contributed by atoms with Crippen LogP contribution >= 0.6 is 0 Å². The van der Waals surface area contributed by atoms with Crippen LogP contribution in [0.3, 0.4) is 0 Å². The summed E-state index contributed by atoms with van der Waals surface area (Å²) < 4.78 is 13.1. The smallest absolute Gasteiger partial charge is 0.293 e. The van der Waals surface area contributed by atoms with Crippen LogP contribution in [-0.2, 0) is 9.59 Å². The molecular formula is C18H14FNO3. The molecule has 0 saturated carbocycles. The van der Waals surface area contributed by atoms with Crippen LogP contribution in [-0.4, -0.2) is 16.8 Å². The second kappa shape index (κ2) is 5.68. The van der Waals surface area contributed by atoms with Crippen molar-refractivity contribution in [2.75, 3.05) is 0 Å². The van der Waals surface area contributed by atoms with E-state index in [1.807, 2.05) is 6.92 Å². The van der Waals surface area contributed by atoms with Crippen molar-refractivity contribution in [1.82, 2.24) is 5.32 Å². The first-order valence-electron chi connectivity index (χ1n) is 7.08. The van der Waals surface area contributed by atoms with Crippen molar-refractivity contribution >= 4 is 17.4 Å². The van der Waals surface area contributed by atoms with Crippen molar-refractivity contribution in [1.29, 1.82) is 0 Å². The van der Waals surface area contributed by atoms with Gasteiger partial charge in [0.15, 0.2) is 0 Å². The third kappa shape index (κ3) is 2.73. The summed E-state index contributed by atoms with van der Waals surface area (Å²) >= 11 is 0. The van der Waals surface area contributed by atoms with E-state index in [2.05, 4.69) is 5.32 Å². The molecule has 1 saturated heterocycles. The lowest BCUT2D eigenvalue weighted by Gasteiger charge is -2.13. The molecule has 1 atom stereocenters. The molecule has 0 aliphatic carbocycles. The van der Waals surface area contributed by atoms with E-state index in [0.717, 1.165) is 5.56 Å². The van der Waals surface area contributed by atoms with Gasteiger partial charge < -0.3 is 10.4 Å². The second-order valence-electron chi connectivity index (χ2n) is 5.42. The van der Waals surface area contributed by atoms with Gasteiger partial charge in [0.05, 0.1) is 11.6 Å². The first-order chi connectivity index (χ1) is 11.0. The van der Waals surface area contributed by atoms with Gasteiger partial charge in [0.2, 0.25) is 0 Å². The molecule has 1 unspecified atom stereocenters. The number of nitrogens with one attached hydrogen (secondary N) is 1. The lowest BCUT2D eigenvalue weighted by molar-refractivity contribution is -0.133. The molecule has 1 aliphatic heterocycles. The molecule has 2 aromatic carbocycles. The number of hydrogen-bond donors (Lipinski definition) is 2. The van der Waals surface area contributed by atoms with Crippen LogP contribution in [0.25, 0.3) is 5.76 Å². The van der Waals surface area contributed by atoms with Crippen LogP contribution in [0.1, 0.15) is 22.7 Å². The molecular weight excluding hydrogens is 297 g/mol. The maximum Gasteiger partial charge on any atom is 0.293 e. The molecule has 1 fully saturated rings. The van der Waals surface area contributed by atoms with Gasteiger partial charge >= 0.3 is 0 Å². The minimum absolute atomic E-state index is 0.0227. The lowest BCUT2D eigenvalue weighted by atomic mass is 9.95. The van der Waals surface area contributed by atoms with Crippen LogP contribution in [0.5, 0.6) is 0 Å². The molecule has 2 aromatic rings. The van der Waals surface area contributed by atoms with E-state index in [9.17, 15) is 19.1 Å². The van der Waals surface area contributed by atoms with Crippen molar-refractivity contribution in [2.45, 2.75) is 13.0 Å². The first-order valence-corrected chi connectivity index (χ1v) is 7.08. The van der Waals surface area contributed by atoms with Gasteiger partial charge in [0, 0.05) is 5.56 Å². The van der Waals surface area contributed by atoms with Gasteiger partial charge in [-0.1, -0.05) is 42.0 Å². The molecule has 1 amide bonds. The monoisotopic (exact) mass is 311 g/mol. The molecule has 4 nitrogen and oxygen atoms in total. The highest BCUT2D eigenvalue weighted by Crippen LogP contribution is 2.32. The molecule has 3 rings (SSSR count). The molecule has 0 bridgehead atoms. The van der Waals surface area contributed by atoms with E-state index in [4.69, 9.17) is 0 Å². The Bertz CT molecular complexity index is 807. The Hall–Kier alpha value is -2.95. The summed E-state index contributed by atoms with van der Waals surface area (Å²) in [5.41, 5.74) is 1.96. The second-order valence-corrected chi connectivity index (χ2v) is 5.42. The number of rotatable bonds is 2. The Balaban J connectivity index is 2.10. The van der Waals surface area contributed by atoms with Gasteiger partial charge in [-0.25, -0.2) is 4.39 Å². The van der Waals surface area contributed by atoms with E-state index in [1.165, 1.54) is 24.3 Å².